The van der Waals surface area contributed by atoms with E-state index in [1.165, 1.54) is 29.8 Å². The first-order valence-electron chi connectivity index (χ1n) is 10.9. The van der Waals surface area contributed by atoms with Gasteiger partial charge in [0.25, 0.3) is 10.0 Å². The molecule has 8 nitrogen and oxygen atoms in total. The highest BCUT2D eigenvalue weighted by atomic mass is 79.9. The Balaban J connectivity index is 1.58. The minimum absolute atomic E-state index is 0.0262. The Hall–Kier alpha value is -2.72. The van der Waals surface area contributed by atoms with Crippen LogP contribution in [0.1, 0.15) is 49.7 Å². The van der Waals surface area contributed by atoms with Gasteiger partial charge in [0.2, 0.25) is 5.91 Å². The van der Waals surface area contributed by atoms with Gasteiger partial charge in [-0.2, -0.15) is 13.5 Å². The number of rotatable bonds is 6. The minimum Gasteiger partial charge on any atom is -0.507 e. The van der Waals surface area contributed by atoms with Gasteiger partial charge in [-0.1, -0.05) is 47.3 Å². The molecule has 0 aromatic heterocycles. The SMILES string of the molecule is O=C(CCN(N=Cc1cc(Br)ccc1O)C1=NS(=O)(=O)c2ccccc21)NC1CCCCC1. The van der Waals surface area contributed by atoms with Crippen molar-refractivity contribution in [1.29, 1.82) is 0 Å². The normalized spacial score (nSPS) is 17.5. The number of sulfonamides is 1. The van der Waals surface area contributed by atoms with E-state index >= 15 is 0 Å². The molecule has 2 aliphatic rings. The van der Waals surface area contributed by atoms with Crippen molar-refractivity contribution >= 4 is 43.9 Å². The Morgan fingerprint density at radius 2 is 1.97 bits per heavy atom. The van der Waals surface area contributed by atoms with Crippen LogP contribution in [0.3, 0.4) is 0 Å². The van der Waals surface area contributed by atoms with Crippen molar-refractivity contribution in [1.82, 2.24) is 10.3 Å². The Morgan fingerprint density at radius 1 is 1.21 bits per heavy atom. The molecule has 174 valence electrons. The molecule has 1 aliphatic heterocycles. The number of hydrogen-bond donors (Lipinski definition) is 2. The molecule has 0 bridgehead atoms. The second kappa shape index (κ2) is 10.0. The van der Waals surface area contributed by atoms with Crippen LogP contribution in [-0.2, 0) is 14.8 Å². The van der Waals surface area contributed by atoms with Crippen LogP contribution in [-0.4, -0.2) is 49.1 Å². The van der Waals surface area contributed by atoms with Crippen molar-refractivity contribution in [3.05, 3.63) is 58.1 Å². The summed E-state index contributed by atoms with van der Waals surface area (Å²) in [5.74, 6) is 0.0715. The topological polar surface area (TPSA) is 111 Å². The molecule has 0 radical (unpaired) electrons. The number of nitrogens with one attached hydrogen (secondary N) is 1. The van der Waals surface area contributed by atoms with E-state index in [-0.39, 0.29) is 41.4 Å². The van der Waals surface area contributed by atoms with Gasteiger partial charge in [-0.15, -0.1) is 4.40 Å². The van der Waals surface area contributed by atoms with Gasteiger partial charge in [0, 0.05) is 28.1 Å². The zero-order chi connectivity index (χ0) is 23.4. The molecule has 2 N–H and O–H groups in total. The summed E-state index contributed by atoms with van der Waals surface area (Å²) >= 11 is 3.36. The Kier molecular flexibility index (Phi) is 7.14. The van der Waals surface area contributed by atoms with Gasteiger partial charge >= 0.3 is 0 Å². The molecule has 1 saturated carbocycles. The molecule has 0 spiro atoms. The van der Waals surface area contributed by atoms with E-state index in [0.717, 1.165) is 30.2 Å². The van der Waals surface area contributed by atoms with Gasteiger partial charge in [0.05, 0.1) is 12.8 Å². The van der Waals surface area contributed by atoms with Crippen molar-refractivity contribution in [2.75, 3.05) is 6.54 Å². The third-order valence-electron chi connectivity index (χ3n) is 5.70. The lowest BCUT2D eigenvalue weighted by Crippen LogP contribution is -2.38. The third kappa shape index (κ3) is 5.62. The number of benzene rings is 2. The van der Waals surface area contributed by atoms with Gasteiger partial charge in [-0.3, -0.25) is 4.79 Å². The van der Waals surface area contributed by atoms with E-state index in [9.17, 15) is 18.3 Å². The second-order valence-electron chi connectivity index (χ2n) is 8.11. The van der Waals surface area contributed by atoms with Gasteiger partial charge in [-0.05, 0) is 43.2 Å². The largest absolute Gasteiger partial charge is 0.507 e. The summed E-state index contributed by atoms with van der Waals surface area (Å²) in [5, 5.41) is 19.0. The molecule has 1 fully saturated rings. The molecule has 0 atom stereocenters. The standard InChI is InChI=1S/C23H25BrN4O4S/c24-17-10-11-20(29)16(14-17)15-25-28(13-12-22(30)26-18-6-2-1-3-7-18)23-19-8-4-5-9-21(19)33(31,32)27-23/h4-5,8-11,14-15,18,29H,1-3,6-7,12-13H2,(H,26,30). The highest BCUT2D eigenvalue weighted by molar-refractivity contribution is 9.10. The van der Waals surface area contributed by atoms with Gasteiger partial charge in [0.1, 0.15) is 10.6 Å². The van der Waals surface area contributed by atoms with Gasteiger partial charge in [-0.25, -0.2) is 5.01 Å². The van der Waals surface area contributed by atoms with Crippen molar-refractivity contribution in [3.8, 4) is 5.75 Å². The fourth-order valence-electron chi connectivity index (χ4n) is 4.01. The summed E-state index contributed by atoms with van der Waals surface area (Å²) < 4.78 is 29.8. The average molecular weight is 533 g/mol. The zero-order valence-corrected chi connectivity index (χ0v) is 20.3. The van der Waals surface area contributed by atoms with E-state index in [1.807, 2.05) is 0 Å². The molecule has 2 aromatic rings. The molecule has 1 heterocycles. The molecule has 0 saturated heterocycles. The van der Waals surface area contributed by atoms with Crippen LogP contribution in [0.15, 0.2) is 61.3 Å². The lowest BCUT2D eigenvalue weighted by molar-refractivity contribution is -0.122. The number of halogens is 1. The highest BCUT2D eigenvalue weighted by Crippen LogP contribution is 2.28. The number of phenols is 1. The molecular formula is C23H25BrN4O4S. The van der Waals surface area contributed by atoms with Crippen LogP contribution in [0.25, 0.3) is 0 Å². The first-order valence-corrected chi connectivity index (χ1v) is 13.1. The maximum absolute atomic E-state index is 12.6. The number of fused-ring (bicyclic) bond motifs is 1. The van der Waals surface area contributed by atoms with Crippen LogP contribution in [0, 0.1) is 0 Å². The summed E-state index contributed by atoms with van der Waals surface area (Å²) in [6.07, 6.45) is 6.94. The summed E-state index contributed by atoms with van der Waals surface area (Å²) in [6.45, 7) is 0.131. The maximum atomic E-state index is 12.6. The van der Waals surface area contributed by atoms with E-state index in [1.54, 1.807) is 30.3 Å². The Morgan fingerprint density at radius 3 is 2.76 bits per heavy atom. The molecule has 1 amide bonds. The summed E-state index contributed by atoms with van der Waals surface area (Å²) in [4.78, 5) is 12.7. The predicted octanol–water partition coefficient (Wildman–Crippen LogP) is 3.78. The average Bonchev–Trinajstić information content (AvgIpc) is 3.07. The van der Waals surface area contributed by atoms with Crippen molar-refractivity contribution in [3.63, 3.8) is 0 Å². The molecular weight excluding hydrogens is 508 g/mol. The highest BCUT2D eigenvalue weighted by Gasteiger charge is 2.32. The van der Waals surface area contributed by atoms with E-state index in [4.69, 9.17) is 0 Å². The van der Waals surface area contributed by atoms with E-state index in [2.05, 4.69) is 30.7 Å². The van der Waals surface area contributed by atoms with Crippen LogP contribution in [0.4, 0.5) is 0 Å². The molecule has 0 unspecified atom stereocenters. The first-order chi connectivity index (χ1) is 15.8. The molecule has 10 heteroatoms. The number of aromatic hydroxyl groups is 1. The molecule has 33 heavy (non-hydrogen) atoms. The number of hydrazone groups is 1. The smallest absolute Gasteiger partial charge is 0.285 e. The number of phenolic OH excluding ortho intramolecular Hbond substituents is 1. The maximum Gasteiger partial charge on any atom is 0.285 e. The Labute approximate surface area is 201 Å². The van der Waals surface area contributed by atoms with Crippen LogP contribution < -0.4 is 5.32 Å². The van der Waals surface area contributed by atoms with Crippen LogP contribution in [0.5, 0.6) is 5.75 Å². The number of amides is 1. The van der Waals surface area contributed by atoms with Crippen molar-refractivity contribution < 1.29 is 18.3 Å². The first kappa shape index (κ1) is 23.4. The minimum atomic E-state index is -3.84. The van der Waals surface area contributed by atoms with Crippen molar-refractivity contribution in [2.24, 2.45) is 9.50 Å². The summed E-state index contributed by atoms with van der Waals surface area (Å²) in [5.41, 5.74) is 0.872. The predicted molar refractivity (Wildman–Crippen MR) is 130 cm³/mol. The molecule has 4 rings (SSSR count). The quantitative estimate of drug-likeness (QED) is 0.434. The van der Waals surface area contributed by atoms with E-state index in [0.29, 0.717) is 11.1 Å². The monoisotopic (exact) mass is 532 g/mol. The summed E-state index contributed by atoms with van der Waals surface area (Å²) in [7, 11) is -3.84. The second-order valence-corrected chi connectivity index (χ2v) is 10.6. The van der Waals surface area contributed by atoms with Gasteiger partial charge in [0.15, 0.2) is 5.84 Å². The Bertz CT molecular complexity index is 1210. The summed E-state index contributed by atoms with van der Waals surface area (Å²) in [6, 6.07) is 11.6. The van der Waals surface area contributed by atoms with Gasteiger partial charge < -0.3 is 10.4 Å². The van der Waals surface area contributed by atoms with E-state index < -0.39 is 10.0 Å². The number of hydrogen-bond acceptors (Lipinski definition) is 6. The van der Waals surface area contributed by atoms with Crippen molar-refractivity contribution in [2.45, 2.75) is 49.5 Å². The van der Waals surface area contributed by atoms with Crippen LogP contribution >= 0.6 is 15.9 Å². The molecule has 1 aliphatic carbocycles. The number of carbonyl (C=O) groups is 1. The lowest BCUT2D eigenvalue weighted by Gasteiger charge is -2.24. The third-order valence-corrected chi connectivity index (χ3v) is 7.52. The zero-order valence-electron chi connectivity index (χ0n) is 17.9. The van der Waals surface area contributed by atoms with Crippen LogP contribution in [0.2, 0.25) is 0 Å². The number of amidine groups is 1. The molecule has 2 aromatic carbocycles. The fourth-order valence-corrected chi connectivity index (χ4v) is 5.59. The fraction of sp³-hybridized carbons (Fsp3) is 0.348. The number of carbonyl (C=O) groups excluding carboxylic acids is 1. The lowest BCUT2D eigenvalue weighted by atomic mass is 9.95. The number of nitrogens with zero attached hydrogens (tertiary/aromatic N) is 3.